The van der Waals surface area contributed by atoms with Crippen LogP contribution in [0.25, 0.3) is 0 Å². The molecule has 0 unspecified atom stereocenters. The minimum absolute atomic E-state index is 0.466. The molecule has 0 radical (unpaired) electrons. The maximum absolute atomic E-state index is 10.1. The molecular formula is C12H22O11. The van der Waals surface area contributed by atoms with Crippen LogP contribution in [-0.4, -0.2) is 115 Å². The number of aliphatic hydroxyl groups excluding tert-OH is 7. The predicted octanol–water partition coefficient (Wildman–Crippen LogP) is -5.40. The first kappa shape index (κ1) is 18.9. The fraction of sp³-hybridized carbons (Fsp3) is 1.00. The Hall–Kier alpha value is -0.440. The second kappa shape index (κ2) is 7.21. The number of rotatable bonds is 4. The Morgan fingerprint density at radius 3 is 2.17 bits per heavy atom. The van der Waals surface area contributed by atoms with Gasteiger partial charge in [-0.15, -0.1) is 0 Å². The fourth-order valence-corrected chi connectivity index (χ4v) is 2.53. The summed E-state index contributed by atoms with van der Waals surface area (Å²) in [6.07, 6.45) is -12.9. The van der Waals surface area contributed by atoms with Crippen LogP contribution in [0.2, 0.25) is 0 Å². The van der Waals surface area contributed by atoms with E-state index >= 15 is 0 Å². The van der Waals surface area contributed by atoms with Crippen LogP contribution in [0.3, 0.4) is 0 Å². The molecule has 2 saturated heterocycles. The lowest BCUT2D eigenvalue weighted by atomic mass is 9.96. The molecule has 0 aliphatic carbocycles. The lowest BCUT2D eigenvalue weighted by molar-refractivity contribution is -0.387. The van der Waals surface area contributed by atoms with Gasteiger partial charge in [-0.2, -0.15) is 0 Å². The van der Waals surface area contributed by atoms with Crippen molar-refractivity contribution < 1.29 is 55.1 Å². The summed E-state index contributed by atoms with van der Waals surface area (Å²) in [6.45, 7) is -2.15. The number of hydrogen-bond donors (Lipinski definition) is 8. The van der Waals surface area contributed by atoms with Crippen molar-refractivity contribution in [2.45, 2.75) is 54.8 Å². The van der Waals surface area contributed by atoms with E-state index in [2.05, 4.69) is 0 Å². The van der Waals surface area contributed by atoms with Gasteiger partial charge < -0.3 is 55.1 Å². The van der Waals surface area contributed by atoms with Crippen LogP contribution in [0.5, 0.6) is 0 Å². The molecular weight excluding hydrogens is 320 g/mol. The fourth-order valence-electron chi connectivity index (χ4n) is 2.53. The Bertz CT molecular complexity index is 393. The second-order valence-corrected chi connectivity index (χ2v) is 5.63. The zero-order chi connectivity index (χ0) is 17.4. The summed E-state index contributed by atoms with van der Waals surface area (Å²) in [5.74, 6) is -2.38. The highest BCUT2D eigenvalue weighted by Crippen LogP contribution is 2.30. The van der Waals surface area contributed by atoms with E-state index in [1.165, 1.54) is 0 Å². The van der Waals surface area contributed by atoms with Crippen molar-refractivity contribution in [3.63, 3.8) is 0 Å². The highest BCUT2D eigenvalue weighted by Gasteiger charge is 2.53. The van der Waals surface area contributed by atoms with E-state index in [1.54, 1.807) is 0 Å². The Morgan fingerprint density at radius 2 is 1.61 bits per heavy atom. The summed E-state index contributed by atoms with van der Waals surface area (Å²) in [6, 6.07) is 0. The smallest absolute Gasteiger partial charge is 0.219 e. The van der Waals surface area contributed by atoms with Gasteiger partial charge in [0.05, 0.1) is 19.8 Å². The van der Waals surface area contributed by atoms with Crippen LogP contribution < -0.4 is 0 Å². The van der Waals surface area contributed by atoms with Gasteiger partial charge in [0, 0.05) is 0 Å². The van der Waals surface area contributed by atoms with E-state index in [-0.39, 0.29) is 0 Å². The molecule has 0 bridgehead atoms. The van der Waals surface area contributed by atoms with E-state index < -0.39 is 74.6 Å². The highest BCUT2D eigenvalue weighted by atomic mass is 16.7. The molecule has 11 heteroatoms. The molecule has 0 amide bonds. The summed E-state index contributed by atoms with van der Waals surface area (Å²) in [7, 11) is 0. The second-order valence-electron chi connectivity index (χ2n) is 5.63. The van der Waals surface area contributed by atoms with Gasteiger partial charge in [0.2, 0.25) is 5.79 Å². The van der Waals surface area contributed by atoms with Crippen LogP contribution >= 0.6 is 0 Å². The van der Waals surface area contributed by atoms with E-state index in [4.69, 9.17) is 19.3 Å². The van der Waals surface area contributed by atoms with Gasteiger partial charge in [-0.3, -0.25) is 0 Å². The first-order valence-electron chi connectivity index (χ1n) is 7.04. The molecule has 2 fully saturated rings. The van der Waals surface area contributed by atoms with Crippen LogP contribution in [0.4, 0.5) is 0 Å². The summed E-state index contributed by atoms with van der Waals surface area (Å²) in [5.41, 5.74) is 0. The molecule has 8 N–H and O–H groups in total. The summed E-state index contributed by atoms with van der Waals surface area (Å²) in [5, 5.41) is 77.2. The quantitative estimate of drug-likeness (QED) is 0.243. The van der Waals surface area contributed by atoms with Crippen molar-refractivity contribution >= 4 is 0 Å². The molecule has 0 spiro atoms. The predicted molar refractivity (Wildman–Crippen MR) is 68.6 cm³/mol. The first-order chi connectivity index (χ1) is 10.7. The van der Waals surface area contributed by atoms with E-state index in [1.807, 2.05) is 0 Å². The maximum Gasteiger partial charge on any atom is 0.219 e. The zero-order valence-corrected chi connectivity index (χ0v) is 12.0. The molecule has 2 aliphatic rings. The molecule has 2 rings (SSSR count). The van der Waals surface area contributed by atoms with Crippen LogP contribution in [0, 0.1) is 0 Å². The Morgan fingerprint density at radius 1 is 0.957 bits per heavy atom. The molecule has 9 atom stereocenters. The molecule has 23 heavy (non-hydrogen) atoms. The number of ether oxygens (including phenoxy) is 3. The van der Waals surface area contributed by atoms with Crippen molar-refractivity contribution in [1.29, 1.82) is 0 Å². The monoisotopic (exact) mass is 342 g/mol. The standard InChI is InChI=1S/C12H22O11/c13-1-5-7(17)8(18)9(19)11(22-5)23-10-6(16)4(15)2-21-12(10,20)3-14/h4-11,13-20H,1-3H2/t4-,5+,6+,7-,8-,9+,10-,11-,12-/m0/s1. The van der Waals surface area contributed by atoms with Gasteiger partial charge in [0.1, 0.15) is 42.7 Å². The number of hydrogen-bond acceptors (Lipinski definition) is 11. The van der Waals surface area contributed by atoms with E-state index in [9.17, 15) is 35.7 Å². The normalized spacial score (nSPS) is 51.7. The Kier molecular flexibility index (Phi) is 5.92. The van der Waals surface area contributed by atoms with Crippen molar-refractivity contribution in [2.24, 2.45) is 0 Å². The topological polar surface area (TPSA) is 190 Å². The van der Waals surface area contributed by atoms with E-state index in [0.29, 0.717) is 0 Å². The van der Waals surface area contributed by atoms with Crippen LogP contribution in [0.15, 0.2) is 0 Å². The van der Waals surface area contributed by atoms with Crippen molar-refractivity contribution in [1.82, 2.24) is 0 Å². The molecule has 11 nitrogen and oxygen atoms in total. The van der Waals surface area contributed by atoms with Gasteiger partial charge in [-0.05, 0) is 0 Å². The molecule has 2 heterocycles. The molecule has 0 aromatic carbocycles. The molecule has 0 aromatic rings. The largest absolute Gasteiger partial charge is 0.394 e. The van der Waals surface area contributed by atoms with Crippen molar-refractivity contribution in [2.75, 3.05) is 19.8 Å². The van der Waals surface area contributed by atoms with Crippen molar-refractivity contribution in [3.05, 3.63) is 0 Å². The van der Waals surface area contributed by atoms with Gasteiger partial charge in [-0.25, -0.2) is 0 Å². The molecule has 136 valence electrons. The average Bonchev–Trinajstić information content (AvgIpc) is 2.55. The number of aliphatic hydroxyl groups is 8. The first-order valence-corrected chi connectivity index (χ1v) is 7.04. The van der Waals surface area contributed by atoms with Gasteiger partial charge in [0.15, 0.2) is 6.29 Å². The average molecular weight is 342 g/mol. The van der Waals surface area contributed by atoms with Crippen LogP contribution in [0.1, 0.15) is 0 Å². The van der Waals surface area contributed by atoms with Gasteiger partial charge in [-0.1, -0.05) is 0 Å². The Balaban J connectivity index is 2.17. The molecule has 0 saturated carbocycles. The lowest BCUT2D eigenvalue weighted by Crippen LogP contribution is -2.67. The van der Waals surface area contributed by atoms with Crippen molar-refractivity contribution in [3.8, 4) is 0 Å². The Labute approximate surface area is 130 Å². The molecule has 2 aliphatic heterocycles. The van der Waals surface area contributed by atoms with Gasteiger partial charge in [0.25, 0.3) is 0 Å². The van der Waals surface area contributed by atoms with E-state index in [0.717, 1.165) is 0 Å². The maximum atomic E-state index is 10.1. The van der Waals surface area contributed by atoms with Gasteiger partial charge >= 0.3 is 0 Å². The summed E-state index contributed by atoms with van der Waals surface area (Å²) < 4.78 is 15.1. The third-order valence-corrected chi connectivity index (χ3v) is 4.01. The minimum atomic E-state index is -2.38. The third-order valence-electron chi connectivity index (χ3n) is 4.01. The summed E-state index contributed by atoms with van der Waals surface area (Å²) in [4.78, 5) is 0. The minimum Gasteiger partial charge on any atom is -0.394 e. The lowest BCUT2D eigenvalue weighted by Gasteiger charge is -2.47. The zero-order valence-electron chi connectivity index (χ0n) is 12.0. The third kappa shape index (κ3) is 3.50. The SMILES string of the molecule is OC[C@H]1O[C@@H](O[C@H]2[C@H](O)[C@@H](O)CO[C@@]2(O)CO)[C@H](O)[C@@H](O)[C@H]1O. The summed E-state index contributed by atoms with van der Waals surface area (Å²) >= 11 is 0. The highest BCUT2D eigenvalue weighted by molar-refractivity contribution is 4.95. The molecule has 0 aromatic heterocycles. The van der Waals surface area contributed by atoms with Crippen LogP contribution in [-0.2, 0) is 14.2 Å².